The second kappa shape index (κ2) is 12.4. The lowest BCUT2D eigenvalue weighted by molar-refractivity contribution is 0.0268. The van der Waals surface area contributed by atoms with Gasteiger partial charge in [-0.05, 0) is 52.5 Å². The number of para-hydroxylation sites is 1. The van der Waals surface area contributed by atoms with Crippen molar-refractivity contribution in [2.45, 2.75) is 64.7 Å². The molecule has 1 aromatic carbocycles. The van der Waals surface area contributed by atoms with Crippen LogP contribution in [0, 0.1) is 0 Å². The van der Waals surface area contributed by atoms with E-state index in [4.69, 9.17) is 19.2 Å². The first-order chi connectivity index (χ1) is 13.0. The molecule has 160 valence electrons. The Kier molecular flexibility index (Phi) is 11.0. The number of nitrogens with one attached hydrogen (secondary N) is 2. The summed E-state index contributed by atoms with van der Waals surface area (Å²) < 4.78 is 17.3. The van der Waals surface area contributed by atoms with Crippen molar-refractivity contribution < 1.29 is 14.2 Å². The second-order valence-electron chi connectivity index (χ2n) is 7.49. The summed E-state index contributed by atoms with van der Waals surface area (Å²) in [5.74, 6) is 2.36. The Morgan fingerprint density at radius 1 is 1.18 bits per heavy atom. The molecular formula is C21H36IN3O3. The third-order valence-corrected chi connectivity index (χ3v) is 4.85. The van der Waals surface area contributed by atoms with E-state index in [1.165, 1.54) is 12.8 Å². The molecule has 1 saturated carbocycles. The highest BCUT2D eigenvalue weighted by Crippen LogP contribution is 2.35. The van der Waals surface area contributed by atoms with Crippen LogP contribution in [0.2, 0.25) is 0 Å². The van der Waals surface area contributed by atoms with Gasteiger partial charge in [0, 0.05) is 25.8 Å². The van der Waals surface area contributed by atoms with Crippen LogP contribution in [0.1, 0.15) is 52.0 Å². The summed E-state index contributed by atoms with van der Waals surface area (Å²) in [5.41, 5.74) is 0.771. The predicted molar refractivity (Wildman–Crippen MR) is 125 cm³/mol. The van der Waals surface area contributed by atoms with E-state index in [0.29, 0.717) is 13.1 Å². The van der Waals surface area contributed by atoms with E-state index in [0.717, 1.165) is 42.4 Å². The Balaban J connectivity index is 0.00000392. The Morgan fingerprint density at radius 2 is 1.89 bits per heavy atom. The van der Waals surface area contributed by atoms with E-state index in [1.54, 1.807) is 14.2 Å². The molecule has 7 heteroatoms. The van der Waals surface area contributed by atoms with Gasteiger partial charge in [-0.2, -0.15) is 0 Å². The first-order valence-corrected chi connectivity index (χ1v) is 9.89. The quantitative estimate of drug-likeness (QED) is 0.301. The zero-order chi connectivity index (χ0) is 19.7. The highest BCUT2D eigenvalue weighted by molar-refractivity contribution is 14.0. The maximum Gasteiger partial charge on any atom is 0.191 e. The summed E-state index contributed by atoms with van der Waals surface area (Å²) in [6.45, 7) is 8.11. The molecule has 28 heavy (non-hydrogen) atoms. The minimum atomic E-state index is -0.261. The predicted octanol–water partition coefficient (Wildman–Crippen LogP) is 4.11. The van der Waals surface area contributed by atoms with E-state index in [-0.39, 0.29) is 35.7 Å². The molecule has 2 rings (SSSR count). The fourth-order valence-corrected chi connectivity index (χ4v) is 3.03. The first-order valence-electron chi connectivity index (χ1n) is 9.89. The number of nitrogens with zero attached hydrogens (tertiary/aromatic N) is 1. The molecule has 0 atom stereocenters. The van der Waals surface area contributed by atoms with Crippen molar-refractivity contribution in [3.63, 3.8) is 0 Å². The number of hydrogen-bond acceptors (Lipinski definition) is 4. The van der Waals surface area contributed by atoms with Crippen LogP contribution in [0.4, 0.5) is 0 Å². The molecule has 0 amide bonds. The number of benzene rings is 1. The Bertz CT molecular complexity index is 617. The molecule has 0 unspecified atom stereocenters. The van der Waals surface area contributed by atoms with Crippen LogP contribution in [0.15, 0.2) is 23.2 Å². The van der Waals surface area contributed by atoms with Crippen molar-refractivity contribution >= 4 is 29.9 Å². The number of hydrogen-bond donors (Lipinski definition) is 2. The Labute approximate surface area is 186 Å². The van der Waals surface area contributed by atoms with Crippen LogP contribution in [0.5, 0.6) is 11.5 Å². The van der Waals surface area contributed by atoms with Gasteiger partial charge in [-0.15, -0.1) is 24.0 Å². The van der Waals surface area contributed by atoms with Crippen molar-refractivity contribution in [3.8, 4) is 11.5 Å². The Morgan fingerprint density at radius 3 is 2.50 bits per heavy atom. The van der Waals surface area contributed by atoms with E-state index >= 15 is 0 Å². The minimum Gasteiger partial charge on any atom is -0.493 e. The molecule has 1 aliphatic carbocycles. The van der Waals surface area contributed by atoms with Gasteiger partial charge in [-0.1, -0.05) is 12.1 Å². The maximum absolute atomic E-state index is 6.30. The average molecular weight is 505 g/mol. The van der Waals surface area contributed by atoms with Crippen molar-refractivity contribution in [1.29, 1.82) is 0 Å². The lowest BCUT2D eigenvalue weighted by Crippen LogP contribution is -2.45. The maximum atomic E-state index is 6.30. The van der Waals surface area contributed by atoms with Crippen LogP contribution < -0.4 is 20.1 Å². The number of aliphatic imine (C=N–C) groups is 1. The fourth-order valence-electron chi connectivity index (χ4n) is 3.03. The van der Waals surface area contributed by atoms with E-state index in [9.17, 15) is 0 Å². The van der Waals surface area contributed by atoms with Crippen molar-refractivity contribution in [2.24, 2.45) is 4.99 Å². The summed E-state index contributed by atoms with van der Waals surface area (Å²) in [7, 11) is 3.40. The van der Waals surface area contributed by atoms with Crippen LogP contribution in [-0.4, -0.2) is 45.0 Å². The smallest absolute Gasteiger partial charge is 0.191 e. The van der Waals surface area contributed by atoms with E-state index in [1.807, 2.05) is 26.0 Å². The fraction of sp³-hybridized carbons (Fsp3) is 0.667. The molecule has 1 aliphatic rings. The highest BCUT2D eigenvalue weighted by atomic mass is 127. The molecule has 6 nitrogen and oxygen atoms in total. The van der Waals surface area contributed by atoms with Gasteiger partial charge >= 0.3 is 0 Å². The van der Waals surface area contributed by atoms with Crippen LogP contribution in [-0.2, 0) is 11.3 Å². The molecule has 0 radical (unpaired) electrons. The van der Waals surface area contributed by atoms with Crippen LogP contribution >= 0.6 is 24.0 Å². The number of halogens is 1. The summed E-state index contributed by atoms with van der Waals surface area (Å²) >= 11 is 0. The molecule has 0 aliphatic heterocycles. The molecule has 0 saturated heterocycles. The van der Waals surface area contributed by atoms with Gasteiger partial charge in [0.2, 0.25) is 0 Å². The largest absolute Gasteiger partial charge is 0.493 e. The van der Waals surface area contributed by atoms with Crippen molar-refractivity contribution in [2.75, 3.05) is 27.3 Å². The van der Waals surface area contributed by atoms with Crippen LogP contribution in [0.25, 0.3) is 0 Å². The van der Waals surface area contributed by atoms with Gasteiger partial charge < -0.3 is 24.8 Å². The van der Waals surface area contributed by atoms with Gasteiger partial charge in [0.25, 0.3) is 0 Å². The normalized spacial score (nSPS) is 15.1. The monoisotopic (exact) mass is 505 g/mol. The third-order valence-electron chi connectivity index (χ3n) is 4.85. The number of ether oxygens (including phenoxy) is 3. The summed E-state index contributed by atoms with van der Waals surface area (Å²) in [6, 6.07) is 5.99. The zero-order valence-corrected chi connectivity index (χ0v) is 20.2. The standard InChI is InChI=1S/C21H35N3O3.HI/c1-6-22-20(24-15-21(2,3)26-5)23-14-16-10-9-13-18(25-4)19(16)27-17-11-7-8-12-17;/h9-10,13,17H,6-8,11-12,14-15H2,1-5H3,(H2,22,23,24);1H. The van der Waals surface area contributed by atoms with E-state index in [2.05, 4.69) is 23.6 Å². The SMILES string of the molecule is CCNC(=NCc1cccc(OC)c1OC1CCCC1)NCC(C)(C)OC.I. The molecule has 2 N–H and O–H groups in total. The summed E-state index contributed by atoms with van der Waals surface area (Å²) in [4.78, 5) is 4.74. The van der Waals surface area contributed by atoms with Gasteiger partial charge in [0.1, 0.15) is 0 Å². The summed E-state index contributed by atoms with van der Waals surface area (Å²) in [5, 5.41) is 6.63. The molecule has 1 aromatic rings. The lowest BCUT2D eigenvalue weighted by Gasteiger charge is -2.24. The molecule has 1 fully saturated rings. The van der Waals surface area contributed by atoms with Gasteiger partial charge in [-0.3, -0.25) is 0 Å². The molecule has 0 bridgehead atoms. The van der Waals surface area contributed by atoms with Gasteiger partial charge in [0.15, 0.2) is 17.5 Å². The van der Waals surface area contributed by atoms with Gasteiger partial charge in [0.05, 0.1) is 25.4 Å². The molecule has 0 spiro atoms. The lowest BCUT2D eigenvalue weighted by atomic mass is 10.1. The average Bonchev–Trinajstić information content (AvgIpc) is 3.18. The first kappa shape index (κ1) is 24.8. The van der Waals surface area contributed by atoms with Crippen LogP contribution in [0.3, 0.4) is 0 Å². The molecule has 0 aromatic heterocycles. The summed E-state index contributed by atoms with van der Waals surface area (Å²) in [6.07, 6.45) is 4.96. The van der Waals surface area contributed by atoms with E-state index < -0.39 is 0 Å². The van der Waals surface area contributed by atoms with Gasteiger partial charge in [-0.25, -0.2) is 4.99 Å². The van der Waals surface area contributed by atoms with Crippen molar-refractivity contribution in [1.82, 2.24) is 10.6 Å². The third kappa shape index (κ3) is 7.66. The Hall–Kier alpha value is -1.22. The second-order valence-corrected chi connectivity index (χ2v) is 7.49. The number of guanidine groups is 1. The number of rotatable bonds is 9. The topological polar surface area (TPSA) is 64.1 Å². The van der Waals surface area contributed by atoms with Crippen molar-refractivity contribution in [3.05, 3.63) is 23.8 Å². The number of methoxy groups -OCH3 is 2. The molecule has 0 heterocycles. The molecular weight excluding hydrogens is 469 g/mol. The minimum absolute atomic E-state index is 0. The highest BCUT2D eigenvalue weighted by Gasteiger charge is 2.21. The zero-order valence-electron chi connectivity index (χ0n) is 17.8.